The summed E-state index contributed by atoms with van der Waals surface area (Å²) in [7, 11) is -1.23. The lowest BCUT2D eigenvalue weighted by molar-refractivity contribution is 0.0596. The monoisotopic (exact) mass is 445 g/mol. The van der Waals surface area contributed by atoms with Crippen molar-refractivity contribution in [3.05, 3.63) is 34.1 Å². The first-order valence-corrected chi connectivity index (χ1v) is 9.92. The lowest BCUT2D eigenvalue weighted by Crippen LogP contribution is -2.15. The third kappa shape index (κ3) is 3.85. The average Bonchev–Trinajstić information content (AvgIpc) is 2.95. The molecule has 10 heteroatoms. The van der Waals surface area contributed by atoms with Gasteiger partial charge in [-0.05, 0) is 42.8 Å². The van der Waals surface area contributed by atoms with Crippen molar-refractivity contribution in [2.75, 3.05) is 18.9 Å². The fourth-order valence-electron chi connectivity index (χ4n) is 2.50. The van der Waals surface area contributed by atoms with Crippen molar-refractivity contribution in [2.45, 2.75) is 31.7 Å². The maximum atomic E-state index is 12.7. The number of ether oxygens (including phenoxy) is 2. The summed E-state index contributed by atoms with van der Waals surface area (Å²) >= 11 is 3.25. The van der Waals surface area contributed by atoms with Crippen LogP contribution in [0.15, 0.2) is 27.7 Å². The Morgan fingerprint density at radius 2 is 1.96 bits per heavy atom. The lowest BCUT2D eigenvalue weighted by atomic mass is 10.2. The molecule has 2 rings (SSSR count). The molecule has 0 fully saturated rings. The van der Waals surface area contributed by atoms with Gasteiger partial charge in [0.2, 0.25) is 0 Å². The molecule has 0 atom stereocenters. The number of rotatable bonds is 6. The first-order valence-electron chi connectivity index (χ1n) is 7.65. The second kappa shape index (κ2) is 7.67. The predicted molar refractivity (Wildman–Crippen MR) is 100 cm³/mol. The Bertz CT molecular complexity index is 938. The topological polar surface area (TPSA) is 99.5 Å². The van der Waals surface area contributed by atoms with Gasteiger partial charge >= 0.3 is 5.97 Å². The maximum absolute atomic E-state index is 12.7. The largest absolute Gasteiger partial charge is 0.496 e. The van der Waals surface area contributed by atoms with E-state index in [4.69, 9.17) is 9.47 Å². The van der Waals surface area contributed by atoms with Crippen molar-refractivity contribution < 1.29 is 22.7 Å². The van der Waals surface area contributed by atoms with Crippen LogP contribution in [-0.2, 0) is 14.8 Å². The van der Waals surface area contributed by atoms with Crippen LogP contribution in [0.25, 0.3) is 0 Å². The molecule has 0 saturated heterocycles. The molecule has 0 unspecified atom stereocenters. The summed E-state index contributed by atoms with van der Waals surface area (Å²) in [5, 5.41) is 4.13. The highest BCUT2D eigenvalue weighted by atomic mass is 79.9. The van der Waals surface area contributed by atoms with E-state index in [0.717, 1.165) is 0 Å². The molecule has 0 bridgehead atoms. The molecule has 8 nitrogen and oxygen atoms in total. The molecule has 26 heavy (non-hydrogen) atoms. The summed E-state index contributed by atoms with van der Waals surface area (Å²) in [6.45, 7) is 5.52. The number of carbonyl (C=O) groups excluding carboxylic acids is 1. The number of esters is 1. The molecule has 0 aliphatic carbocycles. The van der Waals surface area contributed by atoms with Crippen LogP contribution in [0.5, 0.6) is 5.75 Å². The fourth-order valence-corrected chi connectivity index (χ4v) is 4.31. The van der Waals surface area contributed by atoms with E-state index in [-0.39, 0.29) is 27.9 Å². The van der Waals surface area contributed by atoms with Gasteiger partial charge in [-0.1, -0.05) is 0 Å². The highest BCUT2D eigenvalue weighted by molar-refractivity contribution is 9.10. The van der Waals surface area contributed by atoms with Crippen molar-refractivity contribution >= 4 is 37.6 Å². The molecule has 1 N–H and O–H groups in total. The van der Waals surface area contributed by atoms with E-state index in [2.05, 4.69) is 25.8 Å². The molecular formula is C16H20BrN3O5S. The quantitative estimate of drug-likeness (QED) is 0.685. The number of hydrogen-bond acceptors (Lipinski definition) is 6. The number of methoxy groups -OCH3 is 2. The van der Waals surface area contributed by atoms with Crippen molar-refractivity contribution in [1.82, 2.24) is 9.78 Å². The molecule has 0 amide bonds. The molecule has 0 radical (unpaired) electrons. The van der Waals surface area contributed by atoms with E-state index in [1.54, 1.807) is 11.6 Å². The normalized spacial score (nSPS) is 11.5. The van der Waals surface area contributed by atoms with Crippen molar-refractivity contribution in [2.24, 2.45) is 0 Å². The first-order chi connectivity index (χ1) is 12.1. The van der Waals surface area contributed by atoms with Gasteiger partial charge in [0, 0.05) is 16.6 Å². The number of benzene rings is 1. The van der Waals surface area contributed by atoms with E-state index < -0.39 is 16.0 Å². The SMILES string of the molecule is COC(=O)c1c(Br)cc(NS(=O)(=O)c2cnn(C(C)C)c2C)cc1OC. The molecule has 0 spiro atoms. The summed E-state index contributed by atoms with van der Waals surface area (Å²) in [4.78, 5) is 11.9. The number of halogens is 1. The number of hydrogen-bond donors (Lipinski definition) is 1. The van der Waals surface area contributed by atoms with Gasteiger partial charge in [0.15, 0.2) is 0 Å². The molecule has 0 aliphatic heterocycles. The Kier molecular flexibility index (Phi) is 5.97. The Hall–Kier alpha value is -2.07. The smallest absolute Gasteiger partial charge is 0.342 e. The van der Waals surface area contributed by atoms with Gasteiger partial charge in [-0.15, -0.1) is 0 Å². The third-order valence-corrected chi connectivity index (χ3v) is 5.80. The van der Waals surface area contributed by atoms with Crippen LogP contribution in [0, 0.1) is 6.92 Å². The second-order valence-electron chi connectivity index (χ2n) is 5.76. The zero-order valence-corrected chi connectivity index (χ0v) is 17.4. The van der Waals surface area contributed by atoms with Crippen LogP contribution < -0.4 is 9.46 Å². The van der Waals surface area contributed by atoms with Crippen molar-refractivity contribution in [1.29, 1.82) is 0 Å². The number of carbonyl (C=O) groups is 1. The van der Waals surface area contributed by atoms with Crippen molar-refractivity contribution in [3.8, 4) is 5.75 Å². The molecule has 1 aromatic heterocycles. The second-order valence-corrected chi connectivity index (χ2v) is 8.27. The van der Waals surface area contributed by atoms with Crippen LogP contribution in [0.2, 0.25) is 0 Å². The van der Waals surface area contributed by atoms with Gasteiger partial charge in [-0.25, -0.2) is 13.2 Å². The van der Waals surface area contributed by atoms with Gasteiger partial charge in [0.25, 0.3) is 10.0 Å². The zero-order chi connectivity index (χ0) is 19.6. The van der Waals surface area contributed by atoms with Crippen LogP contribution in [0.3, 0.4) is 0 Å². The lowest BCUT2D eigenvalue weighted by Gasteiger charge is -2.14. The fraction of sp³-hybridized carbons (Fsp3) is 0.375. The Balaban J connectivity index is 2.44. The minimum absolute atomic E-state index is 0.0347. The molecule has 1 aromatic carbocycles. The van der Waals surface area contributed by atoms with Gasteiger partial charge in [0.1, 0.15) is 16.2 Å². The van der Waals surface area contributed by atoms with E-state index >= 15 is 0 Å². The molecule has 0 aliphatic rings. The summed E-state index contributed by atoms with van der Waals surface area (Å²) in [5.74, 6) is -0.421. The van der Waals surface area contributed by atoms with E-state index in [9.17, 15) is 13.2 Å². The van der Waals surface area contributed by atoms with Crippen molar-refractivity contribution in [3.63, 3.8) is 0 Å². The number of nitrogens with one attached hydrogen (secondary N) is 1. The average molecular weight is 446 g/mol. The van der Waals surface area contributed by atoms with Gasteiger partial charge in [0.05, 0.1) is 31.8 Å². The summed E-state index contributed by atoms with van der Waals surface area (Å²) < 4.78 is 39.8. The van der Waals surface area contributed by atoms with Crippen LogP contribution in [-0.4, -0.2) is 38.4 Å². The summed E-state index contributed by atoms with van der Waals surface area (Å²) in [6, 6.07) is 2.91. The molecule has 2 aromatic rings. The minimum Gasteiger partial charge on any atom is -0.496 e. The maximum Gasteiger partial charge on any atom is 0.342 e. The Labute approximate surface area is 160 Å². The highest BCUT2D eigenvalue weighted by Gasteiger charge is 2.24. The molecule has 142 valence electrons. The number of anilines is 1. The van der Waals surface area contributed by atoms with Crippen LogP contribution in [0.1, 0.15) is 35.9 Å². The van der Waals surface area contributed by atoms with Crippen LogP contribution in [0.4, 0.5) is 5.69 Å². The zero-order valence-electron chi connectivity index (χ0n) is 15.0. The summed E-state index contributed by atoms with van der Waals surface area (Å²) in [5.41, 5.74) is 0.935. The van der Waals surface area contributed by atoms with E-state index in [0.29, 0.717) is 10.2 Å². The summed E-state index contributed by atoms with van der Waals surface area (Å²) in [6.07, 6.45) is 1.31. The van der Waals surface area contributed by atoms with Gasteiger partial charge in [-0.3, -0.25) is 9.40 Å². The third-order valence-electron chi connectivity index (χ3n) is 3.69. The van der Waals surface area contributed by atoms with Gasteiger partial charge < -0.3 is 9.47 Å². The number of aromatic nitrogens is 2. The molecular weight excluding hydrogens is 426 g/mol. The first kappa shape index (κ1) is 20.2. The number of nitrogens with zero attached hydrogens (tertiary/aromatic N) is 2. The number of sulfonamides is 1. The van der Waals surface area contributed by atoms with Crippen LogP contribution >= 0.6 is 15.9 Å². The Morgan fingerprint density at radius 3 is 2.46 bits per heavy atom. The van der Waals surface area contributed by atoms with E-state index in [1.807, 2.05) is 13.8 Å². The standard InChI is InChI=1S/C16H20BrN3O5S/c1-9(2)20-10(3)14(8-18-20)26(22,23)19-11-6-12(17)15(16(21)25-5)13(7-11)24-4/h6-9,19H,1-5H3. The van der Waals surface area contributed by atoms with Gasteiger partial charge in [-0.2, -0.15) is 5.10 Å². The molecule has 1 heterocycles. The molecule has 0 saturated carbocycles. The minimum atomic E-state index is -3.86. The van der Waals surface area contributed by atoms with E-state index in [1.165, 1.54) is 32.5 Å². The predicted octanol–water partition coefficient (Wildman–Crippen LogP) is 3.13. The Morgan fingerprint density at radius 1 is 1.31 bits per heavy atom. The highest BCUT2D eigenvalue weighted by Crippen LogP contribution is 2.33.